The van der Waals surface area contributed by atoms with Crippen LogP contribution in [0.15, 0.2) is 72.8 Å². The van der Waals surface area contributed by atoms with E-state index in [4.69, 9.17) is 21.1 Å². The van der Waals surface area contributed by atoms with Gasteiger partial charge in [0.25, 0.3) is 0 Å². The van der Waals surface area contributed by atoms with Gasteiger partial charge in [-0.25, -0.2) is 4.79 Å². The highest BCUT2D eigenvalue weighted by molar-refractivity contribution is 6.37. The Hall–Kier alpha value is -4.30. The van der Waals surface area contributed by atoms with Gasteiger partial charge in [-0.2, -0.15) is 0 Å². The molecule has 0 radical (unpaired) electrons. The Morgan fingerprint density at radius 1 is 0.895 bits per heavy atom. The van der Waals surface area contributed by atoms with E-state index in [1.54, 1.807) is 72.5 Å². The fourth-order valence-corrected chi connectivity index (χ4v) is 6.16. The zero-order chi connectivity index (χ0) is 26.8. The molecule has 0 saturated carbocycles. The van der Waals surface area contributed by atoms with Gasteiger partial charge in [-0.15, -0.1) is 0 Å². The molecule has 1 aliphatic carbocycles. The van der Waals surface area contributed by atoms with Crippen molar-refractivity contribution in [2.75, 3.05) is 11.5 Å². The number of cyclic esters (lactones) is 2. The Bertz CT molecular complexity index is 1490. The largest absolute Gasteiger partial charge is 0.462 e. The number of esters is 3. The van der Waals surface area contributed by atoms with Gasteiger partial charge in [-0.05, 0) is 48.9 Å². The summed E-state index contributed by atoms with van der Waals surface area (Å²) in [5.41, 5.74) is -0.481. The van der Waals surface area contributed by atoms with Crippen LogP contribution in [-0.2, 0) is 19.1 Å². The quantitative estimate of drug-likeness (QED) is 0.365. The standard InChI is InChI=1S/C29H20ClNO7/c1-2-37-26(34)16-9-13-18(14-10-16)31-23(15-7-11-17(30)12-8-15)21-22(28(36)38-27(21)35)29(31)24(32)19-5-3-4-6-20(19)25(29)33/h3-14,21-23H,2H2,1H3. The molecular formula is C29H20ClNO7. The summed E-state index contributed by atoms with van der Waals surface area (Å²) < 4.78 is 10.1. The average Bonchev–Trinajstić information content (AvgIpc) is 3.48. The Balaban J connectivity index is 1.61. The minimum absolute atomic E-state index is 0.174. The number of halogens is 1. The van der Waals surface area contributed by atoms with Gasteiger partial charge in [0, 0.05) is 21.8 Å². The average molecular weight is 530 g/mol. The van der Waals surface area contributed by atoms with Crippen LogP contribution in [0.1, 0.15) is 49.6 Å². The monoisotopic (exact) mass is 529 g/mol. The van der Waals surface area contributed by atoms with Crippen molar-refractivity contribution in [1.29, 1.82) is 0 Å². The van der Waals surface area contributed by atoms with Crippen molar-refractivity contribution < 1.29 is 33.4 Å². The molecule has 2 heterocycles. The van der Waals surface area contributed by atoms with Crippen LogP contribution in [0, 0.1) is 11.8 Å². The Morgan fingerprint density at radius 2 is 1.50 bits per heavy atom. The number of carbonyl (C=O) groups is 5. The van der Waals surface area contributed by atoms with Gasteiger partial charge >= 0.3 is 17.9 Å². The SMILES string of the molecule is CCOC(=O)c1ccc(N2C(c3ccc(Cl)cc3)C3C(=O)OC(=O)C3C23C(=O)c2ccccc2C3=O)cc1. The third-order valence-electron chi connectivity index (χ3n) is 7.51. The lowest BCUT2D eigenvalue weighted by atomic mass is 9.76. The van der Waals surface area contributed by atoms with Crippen LogP contribution in [-0.4, -0.2) is 41.6 Å². The summed E-state index contributed by atoms with van der Waals surface area (Å²) in [5, 5.41) is 0.453. The molecule has 3 unspecified atom stereocenters. The van der Waals surface area contributed by atoms with Crippen molar-refractivity contribution in [3.8, 4) is 0 Å². The lowest BCUT2D eigenvalue weighted by Crippen LogP contribution is -2.59. The molecule has 3 atom stereocenters. The van der Waals surface area contributed by atoms with E-state index in [-0.39, 0.29) is 23.3 Å². The Labute approximate surface area is 222 Å². The molecule has 2 aliphatic heterocycles. The number of rotatable bonds is 4. The number of ether oxygens (including phenoxy) is 2. The summed E-state index contributed by atoms with van der Waals surface area (Å²) >= 11 is 6.12. The van der Waals surface area contributed by atoms with Crippen LogP contribution < -0.4 is 4.90 Å². The molecule has 0 bridgehead atoms. The second kappa shape index (κ2) is 8.63. The molecule has 0 amide bonds. The topological polar surface area (TPSA) is 107 Å². The third-order valence-corrected chi connectivity index (χ3v) is 7.76. The number of hydrogen-bond donors (Lipinski definition) is 0. The minimum Gasteiger partial charge on any atom is -0.462 e. The van der Waals surface area contributed by atoms with Crippen LogP contribution in [0.5, 0.6) is 0 Å². The van der Waals surface area contributed by atoms with Crippen LogP contribution >= 0.6 is 11.6 Å². The normalized spacial score (nSPS) is 23.0. The highest BCUT2D eigenvalue weighted by Crippen LogP contribution is 2.59. The number of carbonyl (C=O) groups excluding carboxylic acids is 5. The molecule has 3 aromatic rings. The lowest BCUT2D eigenvalue weighted by molar-refractivity contribution is -0.154. The Morgan fingerprint density at radius 3 is 2.08 bits per heavy atom. The van der Waals surface area contributed by atoms with Crippen molar-refractivity contribution in [3.63, 3.8) is 0 Å². The molecule has 8 nitrogen and oxygen atoms in total. The first-order valence-electron chi connectivity index (χ1n) is 12.1. The van der Waals surface area contributed by atoms with Crippen molar-refractivity contribution >= 4 is 46.8 Å². The van der Waals surface area contributed by atoms with Gasteiger partial charge in [0.05, 0.1) is 24.1 Å². The highest BCUT2D eigenvalue weighted by Gasteiger charge is 2.76. The van der Waals surface area contributed by atoms with Crippen molar-refractivity contribution in [3.05, 3.63) is 100 Å². The van der Waals surface area contributed by atoms with Crippen molar-refractivity contribution in [2.24, 2.45) is 11.8 Å². The first kappa shape index (κ1) is 24.1. The van der Waals surface area contributed by atoms with Gasteiger partial charge in [0.2, 0.25) is 0 Å². The van der Waals surface area contributed by atoms with E-state index < -0.39 is 52.9 Å². The molecule has 38 heavy (non-hydrogen) atoms. The molecule has 0 aromatic heterocycles. The molecule has 190 valence electrons. The molecule has 2 fully saturated rings. The summed E-state index contributed by atoms with van der Waals surface area (Å²) in [6, 6.07) is 18.3. The maximum absolute atomic E-state index is 14.2. The number of fused-ring (bicyclic) bond motifs is 3. The van der Waals surface area contributed by atoms with Gasteiger partial charge in [0.15, 0.2) is 17.1 Å². The highest BCUT2D eigenvalue weighted by atomic mass is 35.5. The molecule has 0 N–H and O–H groups in total. The van der Waals surface area contributed by atoms with E-state index in [1.165, 1.54) is 12.1 Å². The fraction of sp³-hybridized carbons (Fsp3) is 0.207. The number of benzene rings is 3. The summed E-state index contributed by atoms with van der Waals surface area (Å²) in [7, 11) is 0. The van der Waals surface area contributed by atoms with E-state index in [9.17, 15) is 24.0 Å². The molecule has 2 saturated heterocycles. The van der Waals surface area contributed by atoms with Crippen molar-refractivity contribution in [2.45, 2.75) is 18.5 Å². The van der Waals surface area contributed by atoms with Crippen LogP contribution in [0.3, 0.4) is 0 Å². The van der Waals surface area contributed by atoms with Crippen molar-refractivity contribution in [1.82, 2.24) is 0 Å². The third kappa shape index (κ3) is 3.13. The van der Waals surface area contributed by atoms with Gasteiger partial charge < -0.3 is 14.4 Å². The maximum Gasteiger partial charge on any atom is 0.338 e. The van der Waals surface area contributed by atoms with E-state index in [2.05, 4.69) is 0 Å². The van der Waals surface area contributed by atoms with Gasteiger partial charge in [-0.3, -0.25) is 19.2 Å². The minimum atomic E-state index is -2.05. The molecule has 3 aromatic carbocycles. The summed E-state index contributed by atoms with van der Waals surface area (Å²) in [4.78, 5) is 68.7. The molecule has 9 heteroatoms. The predicted octanol–water partition coefficient (Wildman–Crippen LogP) is 4.21. The zero-order valence-electron chi connectivity index (χ0n) is 20.1. The molecule has 3 aliphatic rings. The van der Waals surface area contributed by atoms with E-state index in [0.717, 1.165) is 0 Å². The second-order valence-corrected chi connectivity index (χ2v) is 9.78. The molecule has 1 spiro atoms. The number of Topliss-reactive ketones (excluding diaryl/α,β-unsaturated/α-hetero) is 2. The first-order chi connectivity index (χ1) is 18.3. The number of nitrogens with zero attached hydrogens (tertiary/aromatic N) is 1. The van der Waals surface area contributed by atoms with Crippen LogP contribution in [0.25, 0.3) is 0 Å². The summed E-state index contributed by atoms with van der Waals surface area (Å²) in [5.74, 6) is -5.90. The molecular weight excluding hydrogens is 510 g/mol. The smallest absolute Gasteiger partial charge is 0.338 e. The second-order valence-electron chi connectivity index (χ2n) is 9.35. The predicted molar refractivity (Wildman–Crippen MR) is 135 cm³/mol. The fourth-order valence-electron chi connectivity index (χ4n) is 6.03. The maximum atomic E-state index is 14.2. The molecule has 6 rings (SSSR count). The zero-order valence-corrected chi connectivity index (χ0v) is 20.8. The number of ketones is 2. The first-order valence-corrected chi connectivity index (χ1v) is 12.4. The summed E-state index contributed by atoms with van der Waals surface area (Å²) in [6.45, 7) is 1.89. The summed E-state index contributed by atoms with van der Waals surface area (Å²) in [6.07, 6.45) is 0. The van der Waals surface area contributed by atoms with Gasteiger partial charge in [0.1, 0.15) is 5.92 Å². The van der Waals surface area contributed by atoms with E-state index >= 15 is 0 Å². The number of hydrogen-bond acceptors (Lipinski definition) is 8. The van der Waals surface area contributed by atoms with Crippen LogP contribution in [0.2, 0.25) is 5.02 Å². The van der Waals surface area contributed by atoms with Gasteiger partial charge in [-0.1, -0.05) is 48.0 Å². The van der Waals surface area contributed by atoms with E-state index in [1.807, 2.05) is 0 Å². The number of anilines is 1. The van der Waals surface area contributed by atoms with E-state index in [0.29, 0.717) is 16.3 Å². The Kier molecular flexibility index (Phi) is 5.47. The lowest BCUT2D eigenvalue weighted by Gasteiger charge is -2.39. The van der Waals surface area contributed by atoms with Crippen LogP contribution in [0.4, 0.5) is 5.69 Å².